The lowest BCUT2D eigenvalue weighted by Gasteiger charge is -2.23. The maximum Gasteiger partial charge on any atom is 0.272 e. The molecule has 8 heteroatoms. The number of aromatic nitrogens is 4. The van der Waals surface area contributed by atoms with Crippen LogP contribution in [-0.2, 0) is 13.6 Å². The van der Waals surface area contributed by atoms with Crippen LogP contribution in [0.2, 0.25) is 0 Å². The lowest BCUT2D eigenvalue weighted by atomic mass is 10.2. The first-order chi connectivity index (χ1) is 12.0. The lowest BCUT2D eigenvalue weighted by Crippen LogP contribution is -2.23. The van der Waals surface area contributed by atoms with E-state index >= 15 is 0 Å². The summed E-state index contributed by atoms with van der Waals surface area (Å²) >= 11 is 3.28. The van der Waals surface area contributed by atoms with Crippen molar-refractivity contribution < 1.29 is 0 Å². The molecule has 0 fully saturated rings. The van der Waals surface area contributed by atoms with E-state index in [1.807, 2.05) is 27.2 Å². The van der Waals surface area contributed by atoms with Crippen LogP contribution in [0.3, 0.4) is 0 Å². The minimum atomic E-state index is -0.0211. The maximum atomic E-state index is 12.4. The molecule has 0 aliphatic heterocycles. The third-order valence-corrected chi connectivity index (χ3v) is 6.68. The van der Waals surface area contributed by atoms with Gasteiger partial charge < -0.3 is 0 Å². The van der Waals surface area contributed by atoms with Gasteiger partial charge in [0.15, 0.2) is 5.82 Å². The summed E-state index contributed by atoms with van der Waals surface area (Å²) in [7, 11) is 3.84. The Morgan fingerprint density at radius 3 is 2.80 bits per heavy atom. The predicted molar refractivity (Wildman–Crippen MR) is 103 cm³/mol. The summed E-state index contributed by atoms with van der Waals surface area (Å²) in [4.78, 5) is 17.3. The van der Waals surface area contributed by atoms with Gasteiger partial charge >= 0.3 is 0 Å². The minimum absolute atomic E-state index is 0.0211. The van der Waals surface area contributed by atoms with Crippen LogP contribution in [0.1, 0.15) is 28.5 Å². The van der Waals surface area contributed by atoms with Crippen molar-refractivity contribution in [3.05, 3.63) is 49.5 Å². The van der Waals surface area contributed by atoms with Gasteiger partial charge in [-0.3, -0.25) is 18.7 Å². The third kappa shape index (κ3) is 2.61. The normalized spacial score (nSPS) is 13.3. The monoisotopic (exact) mass is 373 g/mol. The SMILES string of the molecule is Cc1ccc([C@H](C)N(C)Cc2nnc3n(C)c(=O)c4sccc4n23)s1. The zero-order valence-corrected chi connectivity index (χ0v) is 16.2. The first kappa shape index (κ1) is 16.4. The van der Waals surface area contributed by atoms with Gasteiger partial charge in [0.25, 0.3) is 5.56 Å². The van der Waals surface area contributed by atoms with Gasteiger partial charge in [-0.2, -0.15) is 0 Å². The van der Waals surface area contributed by atoms with Crippen molar-refractivity contribution >= 4 is 38.7 Å². The summed E-state index contributed by atoms with van der Waals surface area (Å²) in [5.74, 6) is 1.43. The minimum Gasteiger partial charge on any atom is -0.291 e. The molecular weight excluding hydrogens is 354 g/mol. The molecule has 0 spiro atoms. The second-order valence-electron chi connectivity index (χ2n) is 6.29. The molecule has 4 aromatic rings. The Morgan fingerprint density at radius 1 is 1.28 bits per heavy atom. The molecule has 0 bridgehead atoms. The lowest BCUT2D eigenvalue weighted by molar-refractivity contribution is 0.249. The summed E-state index contributed by atoms with van der Waals surface area (Å²) in [6, 6.07) is 6.59. The zero-order chi connectivity index (χ0) is 17.7. The fourth-order valence-corrected chi connectivity index (χ4v) is 4.86. The van der Waals surface area contributed by atoms with Crippen molar-refractivity contribution in [1.29, 1.82) is 0 Å². The second kappa shape index (κ2) is 6.05. The molecule has 1 atom stereocenters. The van der Waals surface area contributed by atoms with E-state index in [0.29, 0.717) is 12.3 Å². The Balaban J connectivity index is 1.76. The van der Waals surface area contributed by atoms with Gasteiger partial charge in [0, 0.05) is 22.8 Å². The number of nitrogens with zero attached hydrogens (tertiary/aromatic N) is 5. The highest BCUT2D eigenvalue weighted by molar-refractivity contribution is 7.17. The summed E-state index contributed by atoms with van der Waals surface area (Å²) < 4.78 is 4.30. The average molecular weight is 374 g/mol. The van der Waals surface area contributed by atoms with Crippen LogP contribution in [0.15, 0.2) is 28.4 Å². The molecule has 0 saturated carbocycles. The molecule has 6 nitrogen and oxygen atoms in total. The Bertz CT molecular complexity index is 1120. The van der Waals surface area contributed by atoms with Crippen LogP contribution in [0.4, 0.5) is 0 Å². The standard InChI is InChI=1S/C17H19N5OS2/c1-10-5-6-13(25-10)11(2)20(3)9-14-18-19-17-21(4)16(23)15-12(22(14)17)7-8-24-15/h5-8,11H,9H2,1-4H3/t11-/m0/s1. The van der Waals surface area contributed by atoms with E-state index in [0.717, 1.165) is 16.0 Å². The molecule has 130 valence electrons. The predicted octanol–water partition coefficient (Wildman–Crippen LogP) is 3.21. The largest absolute Gasteiger partial charge is 0.291 e. The highest BCUT2D eigenvalue weighted by Crippen LogP contribution is 2.27. The molecule has 4 aromatic heterocycles. The topological polar surface area (TPSA) is 55.4 Å². The first-order valence-corrected chi connectivity index (χ1v) is 9.73. The van der Waals surface area contributed by atoms with Crippen LogP contribution >= 0.6 is 22.7 Å². The van der Waals surface area contributed by atoms with Gasteiger partial charge in [-0.05, 0) is 44.5 Å². The van der Waals surface area contributed by atoms with Gasteiger partial charge in [-0.25, -0.2) is 0 Å². The number of hydrogen-bond acceptors (Lipinski definition) is 6. The summed E-state index contributed by atoms with van der Waals surface area (Å²) in [5, 5.41) is 10.6. The van der Waals surface area contributed by atoms with Crippen molar-refractivity contribution in [2.45, 2.75) is 26.4 Å². The van der Waals surface area contributed by atoms with E-state index in [1.165, 1.54) is 21.1 Å². The molecule has 25 heavy (non-hydrogen) atoms. The van der Waals surface area contributed by atoms with E-state index in [9.17, 15) is 4.79 Å². The molecule has 0 radical (unpaired) electrons. The summed E-state index contributed by atoms with van der Waals surface area (Å²) in [6.07, 6.45) is 0. The fraction of sp³-hybridized carbons (Fsp3) is 0.353. The average Bonchev–Trinajstić information content (AvgIpc) is 3.30. The van der Waals surface area contributed by atoms with Crippen LogP contribution in [-0.4, -0.2) is 31.1 Å². The Kier molecular flexibility index (Phi) is 3.98. The van der Waals surface area contributed by atoms with E-state index in [1.54, 1.807) is 11.6 Å². The quantitative estimate of drug-likeness (QED) is 0.551. The number of hydrogen-bond donors (Lipinski definition) is 0. The molecule has 0 aliphatic rings. The highest BCUT2D eigenvalue weighted by Gasteiger charge is 2.19. The number of aryl methyl sites for hydroxylation is 2. The Morgan fingerprint density at radius 2 is 2.08 bits per heavy atom. The number of fused-ring (bicyclic) bond motifs is 3. The summed E-state index contributed by atoms with van der Waals surface area (Å²) in [6.45, 7) is 4.98. The molecule has 0 aromatic carbocycles. The van der Waals surface area contributed by atoms with Crippen molar-refractivity contribution in [1.82, 2.24) is 24.1 Å². The molecule has 0 saturated heterocycles. The zero-order valence-electron chi connectivity index (χ0n) is 14.6. The van der Waals surface area contributed by atoms with Gasteiger partial charge in [0.05, 0.1) is 12.1 Å². The van der Waals surface area contributed by atoms with Crippen LogP contribution in [0, 0.1) is 6.92 Å². The fourth-order valence-electron chi connectivity index (χ4n) is 3.01. The summed E-state index contributed by atoms with van der Waals surface area (Å²) in [5.41, 5.74) is 0.864. The van der Waals surface area contributed by atoms with E-state index in [-0.39, 0.29) is 11.6 Å². The van der Waals surface area contributed by atoms with E-state index in [2.05, 4.69) is 48.1 Å². The van der Waals surface area contributed by atoms with Crippen LogP contribution < -0.4 is 5.56 Å². The van der Waals surface area contributed by atoms with Gasteiger partial charge in [-0.1, -0.05) is 0 Å². The third-order valence-electron chi connectivity index (χ3n) is 4.62. The van der Waals surface area contributed by atoms with Crippen molar-refractivity contribution in [2.24, 2.45) is 7.05 Å². The highest BCUT2D eigenvalue weighted by atomic mass is 32.1. The molecule has 0 amide bonds. The van der Waals surface area contributed by atoms with Crippen LogP contribution in [0.25, 0.3) is 16.0 Å². The molecule has 0 N–H and O–H groups in total. The van der Waals surface area contributed by atoms with Crippen molar-refractivity contribution in [3.8, 4) is 0 Å². The number of rotatable bonds is 4. The van der Waals surface area contributed by atoms with E-state index < -0.39 is 0 Å². The molecule has 4 rings (SSSR count). The molecule has 4 heterocycles. The first-order valence-electron chi connectivity index (χ1n) is 8.04. The molecule has 0 aliphatic carbocycles. The van der Waals surface area contributed by atoms with Gasteiger partial charge in [0.1, 0.15) is 4.70 Å². The van der Waals surface area contributed by atoms with E-state index in [4.69, 9.17) is 0 Å². The molecule has 0 unspecified atom stereocenters. The smallest absolute Gasteiger partial charge is 0.272 e. The van der Waals surface area contributed by atoms with Crippen LogP contribution in [0.5, 0.6) is 0 Å². The molecular formula is C17H19N5OS2. The van der Waals surface area contributed by atoms with Gasteiger partial charge in [0.2, 0.25) is 5.78 Å². The number of thiophene rings is 2. The van der Waals surface area contributed by atoms with Gasteiger partial charge in [-0.15, -0.1) is 32.9 Å². The van der Waals surface area contributed by atoms with Crippen molar-refractivity contribution in [3.63, 3.8) is 0 Å². The second-order valence-corrected chi connectivity index (χ2v) is 8.53. The maximum absolute atomic E-state index is 12.4. The Labute approximate surface area is 153 Å². The Hall–Kier alpha value is -2.03. The van der Waals surface area contributed by atoms with Crippen molar-refractivity contribution in [2.75, 3.05) is 7.05 Å².